The number of carbonyl (C=O) groups excluding carboxylic acids is 1. The Morgan fingerprint density at radius 2 is 2.29 bits per heavy atom. The fraction of sp³-hybridized carbons (Fsp3) is 0.333. The quantitative estimate of drug-likeness (QED) is 0.676. The van der Waals surface area contributed by atoms with Crippen molar-refractivity contribution in [3.05, 3.63) is 30.1 Å². The van der Waals surface area contributed by atoms with Crippen LogP contribution in [0.1, 0.15) is 19.4 Å². The number of carbonyl (C=O) groups is 1. The van der Waals surface area contributed by atoms with Crippen molar-refractivity contribution in [1.29, 1.82) is 0 Å². The standard InChI is InChI=1S/C12H14BrN3O/c1-12(2,6-14-11(13)17)8-3-4-9-10(5-8)16-7-15-9/h3-5,7H,6H2,1-2H3,(H,14,17)(H,15,16). The number of nitrogens with zero attached hydrogens (tertiary/aromatic N) is 1. The Bertz CT molecular complexity index is 547. The molecule has 1 amide bonds. The molecule has 0 bridgehead atoms. The molecule has 2 rings (SSSR count). The van der Waals surface area contributed by atoms with Crippen molar-refractivity contribution < 1.29 is 4.79 Å². The largest absolute Gasteiger partial charge is 0.346 e. The second kappa shape index (κ2) is 4.49. The number of amides is 1. The summed E-state index contributed by atoms with van der Waals surface area (Å²) in [6, 6.07) is 6.10. The van der Waals surface area contributed by atoms with Gasteiger partial charge in [-0.2, -0.15) is 0 Å². The molecular weight excluding hydrogens is 282 g/mol. The molecule has 0 aliphatic rings. The first-order chi connectivity index (χ1) is 7.99. The summed E-state index contributed by atoms with van der Waals surface area (Å²) in [4.78, 5) is 18.0. The van der Waals surface area contributed by atoms with E-state index in [1.165, 1.54) is 0 Å². The lowest BCUT2D eigenvalue weighted by Gasteiger charge is -2.25. The van der Waals surface area contributed by atoms with Crippen molar-refractivity contribution in [3.8, 4) is 0 Å². The van der Waals surface area contributed by atoms with Gasteiger partial charge in [0.05, 0.1) is 17.4 Å². The third-order valence-electron chi connectivity index (χ3n) is 2.87. The molecule has 4 nitrogen and oxygen atoms in total. The van der Waals surface area contributed by atoms with E-state index in [-0.39, 0.29) is 10.2 Å². The van der Waals surface area contributed by atoms with Crippen LogP contribution in [0, 0.1) is 0 Å². The Morgan fingerprint density at radius 1 is 1.53 bits per heavy atom. The van der Waals surface area contributed by atoms with Crippen LogP contribution >= 0.6 is 15.9 Å². The van der Waals surface area contributed by atoms with Crippen molar-refractivity contribution in [1.82, 2.24) is 15.3 Å². The maximum Gasteiger partial charge on any atom is 0.287 e. The number of aromatic nitrogens is 2. The predicted octanol–water partition coefficient (Wildman–Crippen LogP) is 2.95. The molecule has 0 radical (unpaired) electrons. The van der Waals surface area contributed by atoms with Gasteiger partial charge >= 0.3 is 0 Å². The number of nitrogens with one attached hydrogen (secondary N) is 2. The third kappa shape index (κ3) is 2.66. The van der Waals surface area contributed by atoms with Crippen LogP contribution in [0.5, 0.6) is 0 Å². The van der Waals surface area contributed by atoms with Gasteiger partial charge in [0, 0.05) is 27.9 Å². The van der Waals surface area contributed by atoms with Crippen LogP contribution in [0.4, 0.5) is 4.79 Å². The van der Waals surface area contributed by atoms with Gasteiger partial charge in [0.2, 0.25) is 0 Å². The van der Waals surface area contributed by atoms with Crippen LogP contribution in [0.15, 0.2) is 24.5 Å². The van der Waals surface area contributed by atoms with Gasteiger partial charge in [0.25, 0.3) is 4.82 Å². The highest BCUT2D eigenvalue weighted by molar-refractivity contribution is 9.18. The van der Waals surface area contributed by atoms with Gasteiger partial charge in [-0.15, -0.1) is 0 Å². The first kappa shape index (κ1) is 12.1. The Balaban J connectivity index is 2.27. The van der Waals surface area contributed by atoms with Crippen LogP contribution in [0.2, 0.25) is 0 Å². The molecule has 0 fully saturated rings. The molecule has 2 aromatic rings. The molecule has 1 heterocycles. The topological polar surface area (TPSA) is 57.8 Å². The zero-order chi connectivity index (χ0) is 12.5. The molecule has 1 aromatic heterocycles. The zero-order valence-electron chi connectivity index (χ0n) is 9.75. The summed E-state index contributed by atoms with van der Waals surface area (Å²) < 4.78 is 0. The van der Waals surface area contributed by atoms with E-state index in [1.54, 1.807) is 6.33 Å². The molecule has 1 aromatic carbocycles. The number of fused-ring (bicyclic) bond motifs is 1. The summed E-state index contributed by atoms with van der Waals surface area (Å²) in [5, 5.41) is 2.78. The Labute approximate surface area is 108 Å². The number of benzene rings is 1. The Morgan fingerprint density at radius 3 is 3.00 bits per heavy atom. The number of hydrogen-bond donors (Lipinski definition) is 2. The SMILES string of the molecule is CC(C)(CNC(=O)Br)c1ccc2nc[nH]c2c1. The van der Waals surface area contributed by atoms with Crippen molar-refractivity contribution in [2.75, 3.05) is 6.54 Å². The molecule has 5 heteroatoms. The summed E-state index contributed by atoms with van der Waals surface area (Å²) in [5.74, 6) is 0. The molecular formula is C12H14BrN3O. The van der Waals surface area contributed by atoms with E-state index in [0.29, 0.717) is 6.54 Å². The Kier molecular flexibility index (Phi) is 3.19. The molecule has 0 spiro atoms. The second-order valence-electron chi connectivity index (χ2n) is 4.65. The predicted molar refractivity (Wildman–Crippen MR) is 71.4 cm³/mol. The average Bonchev–Trinajstić information content (AvgIpc) is 2.73. The maximum atomic E-state index is 10.9. The van der Waals surface area contributed by atoms with Gasteiger partial charge in [-0.25, -0.2) is 4.98 Å². The van der Waals surface area contributed by atoms with Crippen LogP contribution in [0.3, 0.4) is 0 Å². The lowest BCUT2D eigenvalue weighted by atomic mass is 9.84. The summed E-state index contributed by atoms with van der Waals surface area (Å²) >= 11 is 2.87. The van der Waals surface area contributed by atoms with Gasteiger partial charge < -0.3 is 10.3 Å². The lowest BCUT2D eigenvalue weighted by molar-refractivity contribution is 0.259. The van der Waals surface area contributed by atoms with Crippen LogP contribution in [0.25, 0.3) is 11.0 Å². The first-order valence-corrected chi connectivity index (χ1v) is 6.15. The van der Waals surface area contributed by atoms with E-state index in [2.05, 4.69) is 51.1 Å². The smallest absolute Gasteiger partial charge is 0.287 e. The molecule has 0 saturated carbocycles. The van der Waals surface area contributed by atoms with Crippen LogP contribution in [-0.4, -0.2) is 21.3 Å². The molecule has 17 heavy (non-hydrogen) atoms. The van der Waals surface area contributed by atoms with Gasteiger partial charge in [0.1, 0.15) is 0 Å². The number of halogens is 1. The van der Waals surface area contributed by atoms with E-state index >= 15 is 0 Å². The minimum absolute atomic E-state index is 0.122. The number of H-pyrrole nitrogens is 1. The fourth-order valence-corrected chi connectivity index (χ4v) is 1.89. The monoisotopic (exact) mass is 295 g/mol. The minimum Gasteiger partial charge on any atom is -0.346 e. The van der Waals surface area contributed by atoms with E-state index in [9.17, 15) is 4.79 Å². The molecule has 0 atom stereocenters. The molecule has 2 N–H and O–H groups in total. The highest BCUT2D eigenvalue weighted by atomic mass is 79.9. The van der Waals surface area contributed by atoms with E-state index in [4.69, 9.17) is 0 Å². The first-order valence-electron chi connectivity index (χ1n) is 5.36. The van der Waals surface area contributed by atoms with E-state index in [0.717, 1.165) is 16.6 Å². The molecule has 0 aliphatic heterocycles. The Hall–Kier alpha value is -1.36. The molecule has 90 valence electrons. The summed E-state index contributed by atoms with van der Waals surface area (Å²) in [6.07, 6.45) is 1.68. The molecule has 0 saturated heterocycles. The number of rotatable bonds is 3. The van der Waals surface area contributed by atoms with E-state index in [1.807, 2.05) is 12.1 Å². The van der Waals surface area contributed by atoms with E-state index < -0.39 is 0 Å². The van der Waals surface area contributed by atoms with Gasteiger partial charge in [-0.1, -0.05) is 19.9 Å². The molecule has 0 aliphatic carbocycles. The molecule has 0 unspecified atom stereocenters. The summed E-state index contributed by atoms with van der Waals surface area (Å²) in [5.41, 5.74) is 3.01. The van der Waals surface area contributed by atoms with Crippen LogP contribution < -0.4 is 5.32 Å². The average molecular weight is 296 g/mol. The zero-order valence-corrected chi connectivity index (χ0v) is 11.3. The van der Waals surface area contributed by atoms with Crippen LogP contribution in [-0.2, 0) is 5.41 Å². The number of hydrogen-bond acceptors (Lipinski definition) is 2. The maximum absolute atomic E-state index is 10.9. The van der Waals surface area contributed by atoms with Gasteiger partial charge in [0.15, 0.2) is 0 Å². The van der Waals surface area contributed by atoms with Crippen molar-refractivity contribution in [3.63, 3.8) is 0 Å². The third-order valence-corrected chi connectivity index (χ3v) is 3.15. The van der Waals surface area contributed by atoms with Crippen molar-refractivity contribution >= 4 is 31.8 Å². The number of aromatic amines is 1. The van der Waals surface area contributed by atoms with Gasteiger partial charge in [-0.3, -0.25) is 4.79 Å². The minimum atomic E-state index is -0.187. The number of imidazole rings is 1. The van der Waals surface area contributed by atoms with Crippen molar-refractivity contribution in [2.24, 2.45) is 0 Å². The highest BCUT2D eigenvalue weighted by Crippen LogP contribution is 2.25. The lowest BCUT2D eigenvalue weighted by Crippen LogP contribution is -2.34. The highest BCUT2D eigenvalue weighted by Gasteiger charge is 2.21. The summed E-state index contributed by atoms with van der Waals surface area (Å²) in [6.45, 7) is 4.76. The van der Waals surface area contributed by atoms with Gasteiger partial charge in [-0.05, 0) is 17.7 Å². The summed E-state index contributed by atoms with van der Waals surface area (Å²) in [7, 11) is 0. The van der Waals surface area contributed by atoms with Crippen molar-refractivity contribution in [2.45, 2.75) is 19.3 Å². The fourth-order valence-electron chi connectivity index (χ4n) is 1.75. The normalized spacial score (nSPS) is 11.7. The second-order valence-corrected chi connectivity index (χ2v) is 5.37.